The Morgan fingerprint density at radius 1 is 1.04 bits per heavy atom. The first kappa shape index (κ1) is 21.3. The number of nitrogens with zero attached hydrogens (tertiary/aromatic N) is 3. The number of benzene rings is 1. The van der Waals surface area contributed by atoms with Gasteiger partial charge in [-0.3, -0.25) is 9.59 Å². The highest BCUT2D eigenvalue weighted by atomic mass is 32.2. The fraction of sp³-hybridized carbons (Fsp3) is 0.556. The average molecular weight is 399 g/mol. The molecule has 150 valence electrons. The first-order valence-corrected chi connectivity index (χ1v) is 10.7. The third-order valence-electron chi connectivity index (χ3n) is 4.68. The monoisotopic (exact) mass is 399 g/mol. The molecule has 1 heterocycles. The Bertz CT molecular complexity index is 759. The molecule has 9 heteroatoms. The summed E-state index contributed by atoms with van der Waals surface area (Å²) in [4.78, 5) is 27.1. The van der Waals surface area contributed by atoms with E-state index >= 15 is 0 Å². The first-order chi connectivity index (χ1) is 12.7. The minimum atomic E-state index is -3.45. The van der Waals surface area contributed by atoms with Crippen LogP contribution in [-0.4, -0.2) is 79.9 Å². The van der Waals surface area contributed by atoms with E-state index in [0.29, 0.717) is 32.6 Å². The lowest BCUT2D eigenvalue weighted by Gasteiger charge is -2.34. The molecule has 7 nitrogen and oxygen atoms in total. The topological polar surface area (TPSA) is 78.0 Å². The van der Waals surface area contributed by atoms with E-state index in [0.717, 1.165) is 11.8 Å². The fourth-order valence-electron chi connectivity index (χ4n) is 3.00. The molecule has 2 rings (SSSR count). The molecule has 1 fully saturated rings. The van der Waals surface area contributed by atoms with E-state index in [1.54, 1.807) is 21.9 Å². The maximum atomic E-state index is 13.0. The zero-order valence-corrected chi connectivity index (χ0v) is 16.5. The number of hydrogen-bond donors (Lipinski definition) is 0. The molecule has 0 spiro atoms. The van der Waals surface area contributed by atoms with Crippen molar-refractivity contribution in [3.05, 3.63) is 35.6 Å². The van der Waals surface area contributed by atoms with Gasteiger partial charge in [-0.05, 0) is 24.1 Å². The Labute approximate surface area is 159 Å². The molecule has 0 bridgehead atoms. The van der Waals surface area contributed by atoms with Crippen LogP contribution in [-0.2, 0) is 26.0 Å². The predicted octanol–water partition coefficient (Wildman–Crippen LogP) is 0.711. The Morgan fingerprint density at radius 2 is 1.59 bits per heavy atom. The van der Waals surface area contributed by atoms with Gasteiger partial charge in [0.25, 0.3) is 0 Å². The Hall–Kier alpha value is -2.00. The van der Waals surface area contributed by atoms with Gasteiger partial charge in [-0.2, -0.15) is 0 Å². The number of hydrogen-bond acceptors (Lipinski definition) is 4. The fourth-order valence-corrected chi connectivity index (χ4v) is 3.84. The van der Waals surface area contributed by atoms with Crippen LogP contribution in [0.4, 0.5) is 4.39 Å². The van der Waals surface area contributed by atoms with Gasteiger partial charge in [0.05, 0.1) is 6.26 Å². The van der Waals surface area contributed by atoms with Crippen LogP contribution in [0, 0.1) is 5.82 Å². The Kier molecular flexibility index (Phi) is 7.32. The first-order valence-electron chi connectivity index (χ1n) is 8.89. The molecule has 0 aromatic heterocycles. The van der Waals surface area contributed by atoms with Gasteiger partial charge in [0.1, 0.15) is 5.82 Å². The molecular weight excluding hydrogens is 373 g/mol. The number of carbonyl (C=O) groups is 2. The molecule has 0 atom stereocenters. The average Bonchev–Trinajstić information content (AvgIpc) is 2.62. The summed E-state index contributed by atoms with van der Waals surface area (Å²) in [6.45, 7) is 3.77. The van der Waals surface area contributed by atoms with Crippen LogP contribution < -0.4 is 0 Å². The van der Waals surface area contributed by atoms with Crippen molar-refractivity contribution in [2.75, 3.05) is 45.5 Å². The Morgan fingerprint density at radius 3 is 2.11 bits per heavy atom. The molecular formula is C18H26FN3O4S. The third kappa shape index (κ3) is 6.59. The normalized spacial score (nSPS) is 15.3. The third-order valence-corrected chi connectivity index (χ3v) is 5.99. The summed E-state index contributed by atoms with van der Waals surface area (Å²) in [6.07, 6.45) is 1.66. The molecule has 27 heavy (non-hydrogen) atoms. The zero-order valence-electron chi connectivity index (χ0n) is 15.7. The van der Waals surface area contributed by atoms with Gasteiger partial charge in [0.15, 0.2) is 0 Å². The van der Waals surface area contributed by atoms with E-state index in [-0.39, 0.29) is 37.1 Å². The maximum absolute atomic E-state index is 13.0. The van der Waals surface area contributed by atoms with E-state index < -0.39 is 10.0 Å². The summed E-state index contributed by atoms with van der Waals surface area (Å²) in [6, 6.07) is 5.92. The SMILES string of the molecule is CC(=O)N1CCN(C(=O)CCN(CCc2ccc(F)cc2)S(C)(=O)=O)CC1. The predicted molar refractivity (Wildman–Crippen MR) is 100.0 cm³/mol. The van der Waals surface area contributed by atoms with E-state index in [4.69, 9.17) is 0 Å². The zero-order chi connectivity index (χ0) is 20.0. The van der Waals surface area contributed by atoms with Gasteiger partial charge in [-0.15, -0.1) is 0 Å². The molecule has 1 saturated heterocycles. The minimum Gasteiger partial charge on any atom is -0.339 e. The molecule has 1 aliphatic rings. The van der Waals surface area contributed by atoms with Gasteiger partial charge in [0.2, 0.25) is 21.8 Å². The van der Waals surface area contributed by atoms with Crippen LogP contribution >= 0.6 is 0 Å². The number of halogens is 1. The van der Waals surface area contributed by atoms with Crippen LogP contribution in [0.15, 0.2) is 24.3 Å². The largest absolute Gasteiger partial charge is 0.339 e. The second-order valence-electron chi connectivity index (χ2n) is 6.68. The van der Waals surface area contributed by atoms with Crippen molar-refractivity contribution < 1.29 is 22.4 Å². The number of carbonyl (C=O) groups excluding carboxylic acids is 2. The van der Waals surface area contributed by atoms with Crippen LogP contribution in [0.1, 0.15) is 18.9 Å². The van der Waals surface area contributed by atoms with E-state index in [9.17, 15) is 22.4 Å². The molecule has 0 unspecified atom stereocenters. The van der Waals surface area contributed by atoms with Crippen molar-refractivity contribution in [3.63, 3.8) is 0 Å². The number of rotatable bonds is 7. The summed E-state index contributed by atoms with van der Waals surface area (Å²) < 4.78 is 38.3. The number of piperazine rings is 1. The molecule has 1 aromatic carbocycles. The van der Waals surface area contributed by atoms with Crippen molar-refractivity contribution in [1.29, 1.82) is 0 Å². The van der Waals surface area contributed by atoms with E-state index in [1.807, 2.05) is 0 Å². The van der Waals surface area contributed by atoms with Crippen molar-refractivity contribution >= 4 is 21.8 Å². The quantitative estimate of drug-likeness (QED) is 0.677. The lowest BCUT2D eigenvalue weighted by atomic mass is 10.1. The summed E-state index contributed by atoms with van der Waals surface area (Å²) in [7, 11) is -3.45. The maximum Gasteiger partial charge on any atom is 0.224 e. The lowest BCUT2D eigenvalue weighted by Crippen LogP contribution is -2.50. The van der Waals surface area contributed by atoms with Crippen molar-refractivity contribution in [1.82, 2.24) is 14.1 Å². The molecule has 1 aromatic rings. The van der Waals surface area contributed by atoms with Gasteiger partial charge < -0.3 is 9.80 Å². The highest BCUT2D eigenvalue weighted by Crippen LogP contribution is 2.09. The Balaban J connectivity index is 1.86. The van der Waals surface area contributed by atoms with Gasteiger partial charge in [-0.25, -0.2) is 17.1 Å². The second kappa shape index (κ2) is 9.27. The van der Waals surface area contributed by atoms with Crippen LogP contribution in [0.25, 0.3) is 0 Å². The summed E-state index contributed by atoms with van der Waals surface area (Å²) in [5, 5.41) is 0. The lowest BCUT2D eigenvalue weighted by molar-refractivity contribution is -0.138. The summed E-state index contributed by atoms with van der Waals surface area (Å²) in [5.41, 5.74) is 0.830. The molecule has 0 N–H and O–H groups in total. The molecule has 0 aliphatic carbocycles. The van der Waals surface area contributed by atoms with Gasteiger partial charge >= 0.3 is 0 Å². The van der Waals surface area contributed by atoms with Gasteiger partial charge in [0, 0.05) is 52.6 Å². The molecule has 2 amide bonds. The second-order valence-corrected chi connectivity index (χ2v) is 8.66. The molecule has 0 radical (unpaired) electrons. The van der Waals surface area contributed by atoms with Crippen LogP contribution in [0.5, 0.6) is 0 Å². The highest BCUT2D eigenvalue weighted by Gasteiger charge is 2.24. The summed E-state index contributed by atoms with van der Waals surface area (Å²) >= 11 is 0. The van der Waals surface area contributed by atoms with Crippen molar-refractivity contribution in [2.24, 2.45) is 0 Å². The molecule has 1 aliphatic heterocycles. The van der Waals surface area contributed by atoms with Crippen molar-refractivity contribution in [3.8, 4) is 0 Å². The van der Waals surface area contributed by atoms with E-state index in [2.05, 4.69) is 0 Å². The van der Waals surface area contributed by atoms with Crippen LogP contribution in [0.2, 0.25) is 0 Å². The van der Waals surface area contributed by atoms with Crippen molar-refractivity contribution in [2.45, 2.75) is 19.8 Å². The van der Waals surface area contributed by atoms with Crippen LogP contribution in [0.3, 0.4) is 0 Å². The smallest absolute Gasteiger partial charge is 0.224 e. The highest BCUT2D eigenvalue weighted by molar-refractivity contribution is 7.88. The minimum absolute atomic E-state index is 0.00820. The standard InChI is InChI=1S/C18H26FN3O4S/c1-15(23)20-11-13-21(14-12-20)18(24)8-10-22(27(2,25)26)9-7-16-3-5-17(19)6-4-16/h3-6H,7-14H2,1-2H3. The number of amides is 2. The van der Waals surface area contributed by atoms with Gasteiger partial charge in [-0.1, -0.05) is 12.1 Å². The summed E-state index contributed by atoms with van der Waals surface area (Å²) in [5.74, 6) is -0.464. The molecule has 0 saturated carbocycles. The van der Waals surface area contributed by atoms with E-state index in [1.165, 1.54) is 23.4 Å². The number of sulfonamides is 1.